The van der Waals surface area contributed by atoms with Gasteiger partial charge in [0.1, 0.15) is 0 Å². The molecule has 0 radical (unpaired) electrons. The Morgan fingerprint density at radius 1 is 1.18 bits per heavy atom. The first-order valence-corrected chi connectivity index (χ1v) is 6.48. The number of hydrogen-bond donors (Lipinski definition) is 1. The molecule has 1 aliphatic rings. The summed E-state index contributed by atoms with van der Waals surface area (Å²) in [5.74, 6) is -0.693. The summed E-state index contributed by atoms with van der Waals surface area (Å²) in [7, 11) is 0. The van der Waals surface area contributed by atoms with E-state index < -0.39 is 11.4 Å². The molecule has 1 aromatic carbocycles. The van der Waals surface area contributed by atoms with Crippen LogP contribution in [0.3, 0.4) is 0 Å². The highest BCUT2D eigenvalue weighted by atomic mass is 32.1. The Bertz CT molecular complexity index is 536. The van der Waals surface area contributed by atoms with Gasteiger partial charge in [0, 0.05) is 4.88 Å². The zero-order chi connectivity index (χ0) is 11.9. The SMILES string of the molecule is O=C(O)C1(c2ccc(-c3cccs3)cc2)CC1. The molecule has 0 amide bonds. The first kappa shape index (κ1) is 10.5. The van der Waals surface area contributed by atoms with Gasteiger partial charge in [0.05, 0.1) is 5.41 Å². The van der Waals surface area contributed by atoms with Crippen molar-refractivity contribution >= 4 is 17.3 Å². The standard InChI is InChI=1S/C14H12O2S/c15-13(16)14(7-8-14)11-5-3-10(4-6-11)12-2-1-9-17-12/h1-6,9H,7-8H2,(H,15,16). The van der Waals surface area contributed by atoms with Gasteiger partial charge in [-0.25, -0.2) is 0 Å². The minimum Gasteiger partial charge on any atom is -0.481 e. The number of carboxylic acids is 1. The lowest BCUT2D eigenvalue weighted by Crippen LogP contribution is -2.19. The Labute approximate surface area is 104 Å². The normalized spacial score (nSPS) is 16.7. The van der Waals surface area contributed by atoms with E-state index in [2.05, 4.69) is 6.07 Å². The number of benzene rings is 1. The van der Waals surface area contributed by atoms with Gasteiger partial charge in [-0.1, -0.05) is 30.3 Å². The lowest BCUT2D eigenvalue weighted by molar-refractivity contribution is -0.140. The molecule has 2 aromatic rings. The molecule has 1 aromatic heterocycles. The molecule has 0 bridgehead atoms. The molecule has 1 fully saturated rings. The maximum Gasteiger partial charge on any atom is 0.314 e. The van der Waals surface area contributed by atoms with Crippen molar-refractivity contribution in [3.8, 4) is 10.4 Å². The number of hydrogen-bond acceptors (Lipinski definition) is 2. The number of rotatable bonds is 3. The van der Waals surface area contributed by atoms with Crippen molar-refractivity contribution in [2.75, 3.05) is 0 Å². The van der Waals surface area contributed by atoms with Crippen LogP contribution in [-0.4, -0.2) is 11.1 Å². The molecule has 2 nitrogen and oxygen atoms in total. The second-order valence-corrected chi connectivity index (χ2v) is 5.39. The van der Waals surface area contributed by atoms with Gasteiger partial charge in [0.15, 0.2) is 0 Å². The Morgan fingerprint density at radius 3 is 2.35 bits per heavy atom. The first-order chi connectivity index (χ1) is 8.22. The lowest BCUT2D eigenvalue weighted by atomic mass is 9.95. The molecule has 0 spiro atoms. The third-order valence-electron chi connectivity index (χ3n) is 3.40. The highest BCUT2D eigenvalue weighted by Crippen LogP contribution is 2.48. The molecule has 1 heterocycles. The topological polar surface area (TPSA) is 37.3 Å². The molecule has 0 atom stereocenters. The van der Waals surface area contributed by atoms with Crippen LogP contribution >= 0.6 is 11.3 Å². The van der Waals surface area contributed by atoms with Gasteiger partial charge in [0.2, 0.25) is 0 Å². The predicted octanol–water partition coefficient (Wildman–Crippen LogP) is 3.53. The quantitative estimate of drug-likeness (QED) is 0.896. The van der Waals surface area contributed by atoms with Crippen LogP contribution < -0.4 is 0 Å². The van der Waals surface area contributed by atoms with Gasteiger partial charge in [-0.2, -0.15) is 0 Å². The fourth-order valence-electron chi connectivity index (χ4n) is 2.15. The largest absolute Gasteiger partial charge is 0.481 e. The smallest absolute Gasteiger partial charge is 0.314 e. The minimum absolute atomic E-state index is 0.589. The van der Waals surface area contributed by atoms with Crippen LogP contribution in [0.1, 0.15) is 18.4 Å². The van der Waals surface area contributed by atoms with Crippen molar-refractivity contribution in [1.82, 2.24) is 0 Å². The Kier molecular flexibility index (Phi) is 2.30. The number of carbonyl (C=O) groups is 1. The van der Waals surface area contributed by atoms with E-state index in [4.69, 9.17) is 0 Å². The van der Waals surface area contributed by atoms with Gasteiger partial charge >= 0.3 is 5.97 Å². The summed E-state index contributed by atoms with van der Waals surface area (Å²) in [6.45, 7) is 0. The maximum atomic E-state index is 11.2. The van der Waals surface area contributed by atoms with E-state index in [1.807, 2.05) is 35.7 Å². The highest BCUT2D eigenvalue weighted by molar-refractivity contribution is 7.13. The van der Waals surface area contributed by atoms with Crippen molar-refractivity contribution in [1.29, 1.82) is 0 Å². The van der Waals surface area contributed by atoms with E-state index in [-0.39, 0.29) is 0 Å². The molecule has 3 heteroatoms. The zero-order valence-electron chi connectivity index (χ0n) is 9.22. The van der Waals surface area contributed by atoms with E-state index >= 15 is 0 Å². The molecule has 1 N–H and O–H groups in total. The summed E-state index contributed by atoms with van der Waals surface area (Å²) in [6, 6.07) is 12.0. The molecular weight excluding hydrogens is 232 g/mol. The fraction of sp³-hybridized carbons (Fsp3) is 0.214. The van der Waals surface area contributed by atoms with Crippen LogP contribution in [0, 0.1) is 0 Å². The van der Waals surface area contributed by atoms with Gasteiger partial charge in [-0.05, 0) is 35.4 Å². The van der Waals surface area contributed by atoms with Crippen LogP contribution in [0.5, 0.6) is 0 Å². The van der Waals surface area contributed by atoms with E-state index in [1.54, 1.807) is 11.3 Å². The minimum atomic E-state index is -0.693. The van der Waals surface area contributed by atoms with E-state index in [9.17, 15) is 9.90 Å². The summed E-state index contributed by atoms with van der Waals surface area (Å²) in [4.78, 5) is 12.4. The van der Waals surface area contributed by atoms with Gasteiger partial charge in [-0.15, -0.1) is 11.3 Å². The molecule has 0 saturated heterocycles. The lowest BCUT2D eigenvalue weighted by Gasteiger charge is -2.10. The second kappa shape index (κ2) is 3.70. The summed E-state index contributed by atoms with van der Waals surface area (Å²) < 4.78 is 0. The third-order valence-corrected chi connectivity index (χ3v) is 4.32. The van der Waals surface area contributed by atoms with Gasteiger partial charge < -0.3 is 5.11 Å². The van der Waals surface area contributed by atoms with Crippen LogP contribution in [0.2, 0.25) is 0 Å². The number of aliphatic carboxylic acids is 1. The Balaban J connectivity index is 1.94. The molecule has 0 aliphatic heterocycles. The van der Waals surface area contributed by atoms with Crippen molar-refractivity contribution in [2.24, 2.45) is 0 Å². The van der Waals surface area contributed by atoms with Gasteiger partial charge in [0.25, 0.3) is 0 Å². The maximum absolute atomic E-state index is 11.2. The molecule has 1 aliphatic carbocycles. The molecule has 17 heavy (non-hydrogen) atoms. The summed E-state index contributed by atoms with van der Waals surface area (Å²) in [5.41, 5.74) is 1.50. The van der Waals surface area contributed by atoms with Crippen LogP contribution in [-0.2, 0) is 10.2 Å². The molecule has 3 rings (SSSR count). The summed E-state index contributed by atoms with van der Waals surface area (Å²) >= 11 is 1.69. The monoisotopic (exact) mass is 244 g/mol. The Hall–Kier alpha value is -1.61. The highest BCUT2D eigenvalue weighted by Gasteiger charge is 2.51. The second-order valence-electron chi connectivity index (χ2n) is 4.44. The van der Waals surface area contributed by atoms with Crippen molar-refractivity contribution < 1.29 is 9.90 Å². The molecule has 0 unspecified atom stereocenters. The van der Waals surface area contributed by atoms with Gasteiger partial charge in [-0.3, -0.25) is 4.79 Å². The van der Waals surface area contributed by atoms with E-state index in [0.29, 0.717) is 0 Å². The van der Waals surface area contributed by atoms with Crippen LogP contribution in [0.4, 0.5) is 0 Å². The zero-order valence-corrected chi connectivity index (χ0v) is 10.0. The predicted molar refractivity (Wildman–Crippen MR) is 68.3 cm³/mol. The summed E-state index contributed by atoms with van der Waals surface area (Å²) in [6.07, 6.45) is 1.53. The molecule has 86 valence electrons. The van der Waals surface area contributed by atoms with E-state index in [1.165, 1.54) is 4.88 Å². The average molecular weight is 244 g/mol. The average Bonchev–Trinajstić information content (AvgIpc) is 2.98. The Morgan fingerprint density at radius 2 is 1.88 bits per heavy atom. The molecule has 1 saturated carbocycles. The number of carboxylic acid groups (broad SMARTS) is 1. The fourth-order valence-corrected chi connectivity index (χ4v) is 2.88. The first-order valence-electron chi connectivity index (χ1n) is 5.60. The van der Waals surface area contributed by atoms with Crippen LogP contribution in [0.15, 0.2) is 41.8 Å². The van der Waals surface area contributed by atoms with Crippen molar-refractivity contribution in [3.63, 3.8) is 0 Å². The van der Waals surface area contributed by atoms with E-state index in [0.717, 1.165) is 24.0 Å². The molecular formula is C14H12O2S. The van der Waals surface area contributed by atoms with Crippen LogP contribution in [0.25, 0.3) is 10.4 Å². The number of thiophene rings is 1. The van der Waals surface area contributed by atoms with Crippen molar-refractivity contribution in [2.45, 2.75) is 18.3 Å². The van der Waals surface area contributed by atoms with Crippen molar-refractivity contribution in [3.05, 3.63) is 47.3 Å². The summed E-state index contributed by atoms with van der Waals surface area (Å²) in [5, 5.41) is 11.3. The third kappa shape index (κ3) is 1.67.